The van der Waals surface area contributed by atoms with Gasteiger partial charge < -0.3 is 15.4 Å². The maximum atomic E-state index is 11.9. The van der Waals surface area contributed by atoms with Crippen molar-refractivity contribution in [1.82, 2.24) is 0 Å². The van der Waals surface area contributed by atoms with Crippen LogP contribution in [0.15, 0.2) is 53.0 Å². The Hall–Kier alpha value is -2.01. The summed E-state index contributed by atoms with van der Waals surface area (Å²) in [7, 11) is 0. The fraction of sp³-hybridized carbons (Fsp3) is 0.278. The van der Waals surface area contributed by atoms with E-state index in [1.54, 1.807) is 0 Å². The van der Waals surface area contributed by atoms with Crippen molar-refractivity contribution >= 4 is 33.2 Å². The fourth-order valence-corrected chi connectivity index (χ4v) is 2.15. The average Bonchev–Trinajstić information content (AvgIpc) is 2.56. The zero-order chi connectivity index (χ0) is 16.7. The van der Waals surface area contributed by atoms with E-state index < -0.39 is 0 Å². The summed E-state index contributed by atoms with van der Waals surface area (Å²) >= 11 is 3.36. The molecule has 0 saturated heterocycles. The fourth-order valence-electron chi connectivity index (χ4n) is 1.89. The molecule has 2 rings (SSSR count). The van der Waals surface area contributed by atoms with E-state index in [9.17, 15) is 4.79 Å². The third kappa shape index (κ3) is 5.94. The van der Waals surface area contributed by atoms with Crippen LogP contribution in [0, 0.1) is 0 Å². The molecule has 5 heteroatoms. The molecule has 1 unspecified atom stereocenters. The van der Waals surface area contributed by atoms with Gasteiger partial charge in [0, 0.05) is 15.8 Å². The van der Waals surface area contributed by atoms with Gasteiger partial charge in [-0.2, -0.15) is 0 Å². The van der Waals surface area contributed by atoms with E-state index in [1.165, 1.54) is 0 Å². The quantitative estimate of drug-likeness (QED) is 0.737. The molecule has 0 spiro atoms. The van der Waals surface area contributed by atoms with Crippen molar-refractivity contribution in [2.45, 2.75) is 26.4 Å². The molecule has 0 fully saturated rings. The molecule has 23 heavy (non-hydrogen) atoms. The number of hydrogen-bond acceptors (Lipinski definition) is 3. The van der Waals surface area contributed by atoms with E-state index in [0.717, 1.165) is 28.0 Å². The van der Waals surface area contributed by atoms with Gasteiger partial charge in [-0.25, -0.2) is 0 Å². The molecule has 0 aliphatic heterocycles. The number of amides is 1. The molecule has 1 amide bonds. The van der Waals surface area contributed by atoms with E-state index >= 15 is 0 Å². The van der Waals surface area contributed by atoms with Crippen LogP contribution in [0.4, 0.5) is 11.4 Å². The lowest BCUT2D eigenvalue weighted by molar-refractivity contribution is -0.114. The van der Waals surface area contributed by atoms with Gasteiger partial charge in [0.15, 0.2) is 0 Å². The zero-order valence-electron chi connectivity index (χ0n) is 13.3. The minimum atomic E-state index is -0.0905. The second-order valence-corrected chi connectivity index (χ2v) is 6.19. The van der Waals surface area contributed by atoms with Gasteiger partial charge in [0.05, 0.1) is 12.6 Å². The molecule has 0 heterocycles. The number of halogens is 1. The lowest BCUT2D eigenvalue weighted by Gasteiger charge is -2.13. The molecular weight excluding hydrogens is 356 g/mol. The molecule has 2 aromatic rings. The molecule has 0 bridgehead atoms. The first-order chi connectivity index (χ1) is 11.1. The first-order valence-corrected chi connectivity index (χ1v) is 8.42. The van der Waals surface area contributed by atoms with Crippen molar-refractivity contribution in [2.24, 2.45) is 0 Å². The van der Waals surface area contributed by atoms with Gasteiger partial charge in [0.25, 0.3) is 0 Å². The minimum absolute atomic E-state index is 0.0905. The van der Waals surface area contributed by atoms with Gasteiger partial charge in [-0.1, -0.05) is 22.9 Å². The molecule has 2 N–H and O–H groups in total. The molecule has 0 aliphatic rings. The van der Waals surface area contributed by atoms with Gasteiger partial charge in [-0.3, -0.25) is 4.79 Å². The first kappa shape index (κ1) is 17.3. The van der Waals surface area contributed by atoms with Crippen LogP contribution in [0.5, 0.6) is 5.75 Å². The van der Waals surface area contributed by atoms with Gasteiger partial charge >= 0.3 is 0 Å². The van der Waals surface area contributed by atoms with Crippen LogP contribution < -0.4 is 15.4 Å². The number of hydrogen-bond donors (Lipinski definition) is 2. The molecule has 0 radical (unpaired) electrons. The van der Waals surface area contributed by atoms with Crippen molar-refractivity contribution in [3.05, 3.63) is 53.0 Å². The maximum absolute atomic E-state index is 11.9. The highest BCUT2D eigenvalue weighted by molar-refractivity contribution is 9.10. The minimum Gasteiger partial charge on any atom is -0.491 e. The van der Waals surface area contributed by atoms with Crippen molar-refractivity contribution < 1.29 is 9.53 Å². The van der Waals surface area contributed by atoms with Crippen molar-refractivity contribution in [3.63, 3.8) is 0 Å². The Morgan fingerprint density at radius 1 is 1.09 bits per heavy atom. The molecule has 4 nitrogen and oxygen atoms in total. The maximum Gasteiger partial charge on any atom is 0.243 e. The Labute approximate surface area is 145 Å². The summed E-state index contributed by atoms with van der Waals surface area (Å²) in [5.41, 5.74) is 1.66. The molecule has 1 atom stereocenters. The monoisotopic (exact) mass is 376 g/mol. The topological polar surface area (TPSA) is 50.4 Å². The van der Waals surface area contributed by atoms with Crippen LogP contribution in [-0.4, -0.2) is 18.6 Å². The number of rotatable bonds is 7. The van der Waals surface area contributed by atoms with E-state index in [2.05, 4.69) is 33.5 Å². The van der Waals surface area contributed by atoms with Crippen LogP contribution in [0.3, 0.4) is 0 Å². The van der Waals surface area contributed by atoms with Crippen LogP contribution in [-0.2, 0) is 4.79 Å². The normalized spacial score (nSPS) is 11.6. The van der Waals surface area contributed by atoms with Crippen molar-refractivity contribution in [2.75, 3.05) is 17.2 Å². The SMILES string of the molecule is CCC(C)Oc1ccc(NCC(=O)Nc2ccc(Br)cc2)cc1. The third-order valence-electron chi connectivity index (χ3n) is 3.35. The highest BCUT2D eigenvalue weighted by Crippen LogP contribution is 2.18. The highest BCUT2D eigenvalue weighted by Gasteiger charge is 2.04. The van der Waals surface area contributed by atoms with Crippen LogP contribution >= 0.6 is 15.9 Å². The Kier molecular flexibility index (Phi) is 6.47. The summed E-state index contributed by atoms with van der Waals surface area (Å²) in [6.45, 7) is 4.34. The Balaban J connectivity index is 1.80. The Bertz CT molecular complexity index is 626. The summed E-state index contributed by atoms with van der Waals surface area (Å²) in [5, 5.41) is 5.93. The molecule has 0 saturated carbocycles. The summed E-state index contributed by atoms with van der Waals surface area (Å²) < 4.78 is 6.70. The largest absolute Gasteiger partial charge is 0.491 e. The van der Waals surface area contributed by atoms with Crippen LogP contribution in [0.2, 0.25) is 0 Å². The molecule has 2 aromatic carbocycles. The van der Waals surface area contributed by atoms with Gasteiger partial charge in [0.1, 0.15) is 5.75 Å². The highest BCUT2D eigenvalue weighted by atomic mass is 79.9. The number of anilines is 2. The van der Waals surface area contributed by atoms with Gasteiger partial charge in [-0.15, -0.1) is 0 Å². The molecule has 122 valence electrons. The van der Waals surface area contributed by atoms with E-state index in [0.29, 0.717) is 0 Å². The number of benzene rings is 2. The average molecular weight is 377 g/mol. The van der Waals surface area contributed by atoms with Crippen LogP contribution in [0.25, 0.3) is 0 Å². The Morgan fingerprint density at radius 3 is 2.30 bits per heavy atom. The number of nitrogens with one attached hydrogen (secondary N) is 2. The van der Waals surface area contributed by atoms with Crippen molar-refractivity contribution in [3.8, 4) is 5.75 Å². The Morgan fingerprint density at radius 2 is 1.70 bits per heavy atom. The molecule has 0 aliphatic carbocycles. The molecular formula is C18H21BrN2O2. The van der Waals surface area contributed by atoms with Gasteiger partial charge in [0.2, 0.25) is 5.91 Å². The zero-order valence-corrected chi connectivity index (χ0v) is 14.9. The van der Waals surface area contributed by atoms with Gasteiger partial charge in [-0.05, 0) is 61.9 Å². The second kappa shape index (κ2) is 8.58. The lowest BCUT2D eigenvalue weighted by Crippen LogP contribution is -2.21. The third-order valence-corrected chi connectivity index (χ3v) is 3.88. The van der Waals surface area contributed by atoms with E-state index in [-0.39, 0.29) is 18.6 Å². The van der Waals surface area contributed by atoms with E-state index in [4.69, 9.17) is 4.74 Å². The molecule has 0 aromatic heterocycles. The predicted octanol–water partition coefficient (Wildman–Crippen LogP) is 4.68. The van der Waals surface area contributed by atoms with E-state index in [1.807, 2.05) is 55.5 Å². The smallest absolute Gasteiger partial charge is 0.243 e. The number of carbonyl (C=O) groups excluding carboxylic acids is 1. The number of ether oxygens (including phenoxy) is 1. The summed E-state index contributed by atoms with van der Waals surface area (Å²) in [4.78, 5) is 11.9. The standard InChI is InChI=1S/C18H21BrN2O2/c1-3-13(2)23-17-10-8-15(9-11-17)20-12-18(22)21-16-6-4-14(19)5-7-16/h4-11,13,20H,3,12H2,1-2H3,(H,21,22). The van der Waals surface area contributed by atoms with Crippen LogP contribution in [0.1, 0.15) is 20.3 Å². The number of carbonyl (C=O) groups is 1. The summed E-state index contributed by atoms with van der Waals surface area (Å²) in [5.74, 6) is 0.747. The van der Waals surface area contributed by atoms with Crippen molar-refractivity contribution in [1.29, 1.82) is 0 Å². The second-order valence-electron chi connectivity index (χ2n) is 5.27. The summed E-state index contributed by atoms with van der Waals surface area (Å²) in [6.07, 6.45) is 1.17. The predicted molar refractivity (Wildman–Crippen MR) is 98.1 cm³/mol. The lowest BCUT2D eigenvalue weighted by atomic mass is 10.2. The first-order valence-electron chi connectivity index (χ1n) is 7.63. The summed E-state index contributed by atoms with van der Waals surface area (Å²) in [6, 6.07) is 15.1.